The molecule has 1 amide bonds. The molecule has 51 heavy (non-hydrogen) atoms. The molecule has 272 valence electrons. The third-order valence-corrected chi connectivity index (χ3v) is 8.92. The minimum absolute atomic E-state index is 0.0418. The van der Waals surface area contributed by atoms with E-state index in [1.54, 1.807) is 40.0 Å². The van der Waals surface area contributed by atoms with Gasteiger partial charge >= 0.3 is 12.3 Å². The monoisotopic (exact) mass is 706 g/mol. The van der Waals surface area contributed by atoms with Gasteiger partial charge in [0.25, 0.3) is 5.82 Å². The van der Waals surface area contributed by atoms with Crippen LogP contribution in [-0.4, -0.2) is 80.6 Å². The summed E-state index contributed by atoms with van der Waals surface area (Å²) in [5.74, 6) is -1.31. The number of alkyl halides is 3. The van der Waals surface area contributed by atoms with Gasteiger partial charge in [0.05, 0.1) is 6.54 Å². The Morgan fingerprint density at radius 1 is 0.902 bits per heavy atom. The van der Waals surface area contributed by atoms with Crippen molar-refractivity contribution in [1.29, 1.82) is 0 Å². The third kappa shape index (κ3) is 9.48. The van der Waals surface area contributed by atoms with Crippen molar-refractivity contribution in [2.24, 2.45) is 0 Å². The van der Waals surface area contributed by atoms with E-state index in [1.165, 1.54) is 28.9 Å². The number of rotatable bonds is 10. The van der Waals surface area contributed by atoms with Crippen LogP contribution in [0, 0.1) is 0 Å². The maximum Gasteiger partial charge on any atom is 0.453 e. The molecule has 0 saturated carbocycles. The van der Waals surface area contributed by atoms with E-state index in [1.807, 2.05) is 42.5 Å². The van der Waals surface area contributed by atoms with Gasteiger partial charge in [-0.05, 0) is 108 Å². The Kier molecular flexibility index (Phi) is 10.7. The van der Waals surface area contributed by atoms with E-state index in [4.69, 9.17) is 9.47 Å². The van der Waals surface area contributed by atoms with Gasteiger partial charge in [0.2, 0.25) is 11.8 Å². The predicted octanol–water partition coefficient (Wildman–Crippen LogP) is 7.76. The van der Waals surface area contributed by atoms with E-state index < -0.39 is 23.7 Å². The van der Waals surface area contributed by atoms with E-state index in [-0.39, 0.29) is 30.8 Å². The summed E-state index contributed by atoms with van der Waals surface area (Å²) >= 11 is 0. The van der Waals surface area contributed by atoms with Gasteiger partial charge in [-0.1, -0.05) is 24.3 Å². The number of aromatic nitrogens is 4. The zero-order valence-electron chi connectivity index (χ0n) is 29.5. The Morgan fingerprint density at radius 2 is 1.63 bits per heavy atom. The average molecular weight is 707 g/mol. The number of amides is 1. The first-order chi connectivity index (χ1) is 24.3. The molecule has 4 aromatic rings. The first kappa shape index (κ1) is 36.0. The molecule has 14 heteroatoms. The van der Waals surface area contributed by atoms with Gasteiger partial charge in [0.1, 0.15) is 12.2 Å². The normalized spacial score (nSPS) is 16.6. The number of ether oxygens (including phenoxy) is 2. The zero-order valence-corrected chi connectivity index (χ0v) is 29.5. The summed E-state index contributed by atoms with van der Waals surface area (Å²) in [7, 11) is 1.59. The highest BCUT2D eigenvalue weighted by molar-refractivity contribution is 5.67. The van der Waals surface area contributed by atoms with E-state index in [2.05, 4.69) is 36.7 Å². The topological polar surface area (TPSA) is 110 Å². The minimum Gasteiger partial charge on any atom is -0.476 e. The molecule has 3 heterocycles. The number of nitrogens with zero attached hydrogens (tertiary/aromatic N) is 6. The number of hydrogen-bond acceptors (Lipinski definition) is 9. The third-order valence-electron chi connectivity index (χ3n) is 8.92. The van der Waals surface area contributed by atoms with Crippen LogP contribution in [0.25, 0.3) is 5.82 Å². The Morgan fingerprint density at radius 3 is 2.33 bits per heavy atom. The van der Waals surface area contributed by atoms with Crippen molar-refractivity contribution in [1.82, 2.24) is 29.5 Å². The lowest BCUT2D eigenvalue weighted by Gasteiger charge is -2.25. The number of aryl methyl sites for hydroxylation is 2. The molecular weight excluding hydrogens is 661 g/mol. The van der Waals surface area contributed by atoms with E-state index >= 15 is 0 Å². The fourth-order valence-corrected chi connectivity index (χ4v) is 6.39. The average Bonchev–Trinajstić information content (AvgIpc) is 3.72. The first-order valence-corrected chi connectivity index (χ1v) is 17.4. The number of pyridine rings is 1. The second-order valence-corrected chi connectivity index (χ2v) is 14.0. The maximum absolute atomic E-state index is 14.1. The van der Waals surface area contributed by atoms with Crippen LogP contribution in [0.4, 0.5) is 41.0 Å². The molecule has 1 fully saturated rings. The number of carbonyl (C=O) groups is 1. The van der Waals surface area contributed by atoms with E-state index in [9.17, 15) is 18.0 Å². The molecule has 2 aromatic heterocycles. The quantitative estimate of drug-likeness (QED) is 0.160. The molecule has 1 aliphatic heterocycles. The van der Waals surface area contributed by atoms with E-state index in [0.29, 0.717) is 17.4 Å². The highest BCUT2D eigenvalue weighted by atomic mass is 19.4. The summed E-state index contributed by atoms with van der Waals surface area (Å²) in [6.07, 6.45) is 1.19. The molecule has 0 spiro atoms. The Bertz CT molecular complexity index is 1800. The largest absolute Gasteiger partial charge is 0.476 e. The lowest BCUT2D eigenvalue weighted by molar-refractivity contribution is -0.144. The van der Waals surface area contributed by atoms with Crippen molar-refractivity contribution in [3.8, 4) is 11.7 Å². The Labute approximate surface area is 296 Å². The van der Waals surface area contributed by atoms with Gasteiger partial charge < -0.3 is 29.9 Å². The summed E-state index contributed by atoms with van der Waals surface area (Å²) in [6, 6.07) is 19.0. The lowest BCUT2D eigenvalue weighted by atomic mass is 10.0. The van der Waals surface area contributed by atoms with Crippen molar-refractivity contribution in [3.63, 3.8) is 0 Å². The van der Waals surface area contributed by atoms with Crippen LogP contribution >= 0.6 is 0 Å². The highest BCUT2D eigenvalue weighted by Crippen LogP contribution is 2.33. The van der Waals surface area contributed by atoms with Crippen LogP contribution < -0.4 is 15.4 Å². The number of nitrogens with one attached hydrogen (secondary N) is 2. The second kappa shape index (κ2) is 15.2. The van der Waals surface area contributed by atoms with Gasteiger partial charge in [-0.3, -0.25) is 0 Å². The van der Waals surface area contributed by atoms with Gasteiger partial charge in [0, 0.05) is 42.3 Å². The number of likely N-dealkylation sites (tertiary alicyclic amines) is 1. The SMILES string of the molecule is CN(CCOc1cc(Nc2ccccc2)cc(-n2nc(C(F)(F)F)nc2Nc2ccc3c(c2)CCC(N2CCCC2)CC3)n1)C(=O)OC(C)(C)C. The van der Waals surface area contributed by atoms with Crippen LogP contribution in [0.3, 0.4) is 0 Å². The zero-order chi connectivity index (χ0) is 36.2. The molecule has 2 N–H and O–H groups in total. The van der Waals surface area contributed by atoms with Crippen LogP contribution in [0.2, 0.25) is 0 Å². The first-order valence-electron chi connectivity index (χ1n) is 17.4. The summed E-state index contributed by atoms with van der Waals surface area (Å²) in [4.78, 5) is 24.8. The van der Waals surface area contributed by atoms with Gasteiger partial charge in [-0.25, -0.2) is 4.79 Å². The van der Waals surface area contributed by atoms with Crippen molar-refractivity contribution in [2.75, 3.05) is 43.9 Å². The van der Waals surface area contributed by atoms with E-state index in [0.717, 1.165) is 49.1 Å². The number of fused-ring (bicyclic) bond motifs is 1. The fraction of sp³-hybridized carbons (Fsp3) is 0.459. The predicted molar refractivity (Wildman–Crippen MR) is 189 cm³/mol. The summed E-state index contributed by atoms with van der Waals surface area (Å²) in [5.41, 5.74) is 3.64. The number of anilines is 4. The molecule has 1 atom stereocenters. The fourth-order valence-electron chi connectivity index (χ4n) is 6.39. The molecular formula is C37H45F3N8O3. The molecule has 1 saturated heterocycles. The second-order valence-electron chi connectivity index (χ2n) is 14.0. The number of benzene rings is 2. The number of carbonyl (C=O) groups excluding carboxylic acids is 1. The van der Waals surface area contributed by atoms with Crippen molar-refractivity contribution in [3.05, 3.63) is 77.6 Å². The van der Waals surface area contributed by atoms with Gasteiger partial charge in [-0.15, -0.1) is 5.10 Å². The molecule has 0 bridgehead atoms. The molecule has 2 aromatic carbocycles. The smallest absolute Gasteiger partial charge is 0.453 e. The molecule has 1 unspecified atom stereocenters. The molecule has 0 radical (unpaired) electrons. The van der Waals surface area contributed by atoms with Crippen molar-refractivity contribution in [2.45, 2.75) is 77.1 Å². The number of halogens is 3. The summed E-state index contributed by atoms with van der Waals surface area (Å²) < 4.78 is 54.6. The van der Waals surface area contributed by atoms with Crippen molar-refractivity contribution < 1.29 is 27.4 Å². The molecule has 2 aliphatic rings. The Balaban J connectivity index is 1.27. The minimum atomic E-state index is -4.80. The molecule has 1 aliphatic carbocycles. The summed E-state index contributed by atoms with van der Waals surface area (Å²) in [5, 5.41) is 10.2. The van der Waals surface area contributed by atoms with Crippen LogP contribution in [-0.2, 0) is 23.8 Å². The number of para-hydroxylation sites is 1. The van der Waals surface area contributed by atoms with Gasteiger partial charge in [0.15, 0.2) is 5.82 Å². The maximum atomic E-state index is 14.1. The lowest BCUT2D eigenvalue weighted by Crippen LogP contribution is -2.36. The number of likely N-dealkylation sites (N-methyl/N-ethyl adjacent to an activating group) is 1. The Hall–Kier alpha value is -4.85. The molecule has 6 rings (SSSR count). The number of hydrogen-bond donors (Lipinski definition) is 2. The van der Waals surface area contributed by atoms with Crippen LogP contribution in [0.1, 0.15) is 63.4 Å². The van der Waals surface area contributed by atoms with Gasteiger partial charge in [-0.2, -0.15) is 27.8 Å². The van der Waals surface area contributed by atoms with Crippen LogP contribution in [0.5, 0.6) is 5.88 Å². The standard InChI is InChI=1S/C37H45F3N8O3/c1-36(2,3)51-35(49)46(4)20-21-50-32-24-29(41-27-10-6-5-7-11-27)23-31(43-32)48-34(44-33(45-48)37(38,39)40)42-28-15-12-25-13-16-30(17-14-26(25)22-28)47-18-8-9-19-47/h5-7,10-12,15,22-24,30H,8-9,13-14,16-21H2,1-4H3,(H,41,43)(H,42,44,45). The van der Waals surface area contributed by atoms with Crippen molar-refractivity contribution >= 4 is 29.1 Å². The summed E-state index contributed by atoms with van der Waals surface area (Å²) in [6.45, 7) is 7.85. The highest BCUT2D eigenvalue weighted by Gasteiger charge is 2.38. The van der Waals surface area contributed by atoms with Crippen LogP contribution in [0.15, 0.2) is 60.7 Å². The molecule has 11 nitrogen and oxygen atoms in total.